The first-order chi connectivity index (χ1) is 19.7. The summed E-state index contributed by atoms with van der Waals surface area (Å²) in [6.45, 7) is 13.5. The van der Waals surface area contributed by atoms with E-state index >= 15 is 0 Å². The van der Waals surface area contributed by atoms with Crippen molar-refractivity contribution in [3.05, 3.63) is 0 Å². The number of ether oxygens (including phenoxy) is 5. The van der Waals surface area contributed by atoms with E-state index < -0.39 is 18.0 Å². The van der Waals surface area contributed by atoms with Crippen molar-refractivity contribution in [1.29, 1.82) is 0 Å². The van der Waals surface area contributed by atoms with Gasteiger partial charge in [-0.2, -0.15) is 0 Å². The second kappa shape index (κ2) is 10.3. The monoisotopic (exact) mass is 588 g/mol. The lowest BCUT2D eigenvalue weighted by molar-refractivity contribution is -0.255. The average molecular weight is 589 g/mol. The fraction of sp³-hybridized carbons (Fsp3) is 0.879. The lowest BCUT2D eigenvalue weighted by Gasteiger charge is -2.63. The van der Waals surface area contributed by atoms with Crippen LogP contribution in [0.2, 0.25) is 0 Å². The number of hydrogen-bond acceptors (Lipinski definition) is 9. The molecule has 1 spiro atoms. The molecule has 0 bridgehead atoms. The molecule has 0 unspecified atom stereocenters. The number of rotatable bonds is 3. The summed E-state index contributed by atoms with van der Waals surface area (Å²) in [5.74, 6) is -0.968. The molecule has 6 fully saturated rings. The van der Waals surface area contributed by atoms with Gasteiger partial charge in [0.25, 0.3) is 0 Å². The van der Waals surface area contributed by atoms with E-state index in [0.29, 0.717) is 44.1 Å². The van der Waals surface area contributed by atoms with Gasteiger partial charge in [-0.25, -0.2) is 0 Å². The first-order valence-electron chi connectivity index (χ1n) is 16.1. The van der Waals surface area contributed by atoms with Gasteiger partial charge in [0, 0.05) is 44.4 Å². The van der Waals surface area contributed by atoms with Gasteiger partial charge in [-0.3, -0.25) is 19.2 Å². The second-order valence-electron chi connectivity index (χ2n) is 15.0. The third-order valence-electron chi connectivity index (χ3n) is 12.7. The number of esters is 3. The minimum atomic E-state index is -1.20. The van der Waals surface area contributed by atoms with E-state index in [1.165, 1.54) is 20.8 Å². The predicted octanol–water partition coefficient (Wildman–Crippen LogP) is 4.63. The van der Waals surface area contributed by atoms with E-state index in [-0.39, 0.29) is 76.3 Å². The number of ketones is 1. The van der Waals surface area contributed by atoms with Gasteiger partial charge in [-0.15, -0.1) is 0 Å². The highest BCUT2D eigenvalue weighted by Gasteiger charge is 2.74. The summed E-state index contributed by atoms with van der Waals surface area (Å²) in [6, 6.07) is 0. The van der Waals surface area contributed by atoms with Crippen molar-refractivity contribution in [2.75, 3.05) is 6.61 Å². The molecule has 2 aliphatic heterocycles. The highest BCUT2D eigenvalue weighted by molar-refractivity contribution is 5.87. The summed E-state index contributed by atoms with van der Waals surface area (Å²) in [4.78, 5) is 50.1. The molecule has 2 heterocycles. The molecule has 4 aliphatic carbocycles. The fourth-order valence-electron chi connectivity index (χ4n) is 11.2. The summed E-state index contributed by atoms with van der Waals surface area (Å²) in [6.07, 6.45) is 3.86. The first kappa shape index (κ1) is 30.0. The normalized spacial score (nSPS) is 51.1. The summed E-state index contributed by atoms with van der Waals surface area (Å²) >= 11 is 0. The quantitative estimate of drug-likeness (QED) is 0.344. The third-order valence-corrected chi connectivity index (χ3v) is 12.7. The Bertz CT molecular complexity index is 1150. The minimum Gasteiger partial charge on any atom is -0.462 e. The Labute approximate surface area is 249 Å². The summed E-state index contributed by atoms with van der Waals surface area (Å²) < 4.78 is 30.7. The lowest BCUT2D eigenvalue weighted by Crippen LogP contribution is -2.62. The van der Waals surface area contributed by atoms with Gasteiger partial charge in [-0.05, 0) is 73.5 Å². The van der Waals surface area contributed by atoms with Gasteiger partial charge >= 0.3 is 17.9 Å². The van der Waals surface area contributed by atoms with Gasteiger partial charge in [0.15, 0.2) is 5.78 Å². The van der Waals surface area contributed by atoms with Crippen LogP contribution < -0.4 is 0 Å². The molecule has 0 aromatic carbocycles. The third kappa shape index (κ3) is 4.38. The molecule has 6 aliphatic rings. The highest BCUT2D eigenvalue weighted by atomic mass is 16.7. The van der Waals surface area contributed by atoms with Crippen LogP contribution in [0.1, 0.15) is 93.4 Å². The minimum absolute atomic E-state index is 0.0317. The van der Waals surface area contributed by atoms with Crippen molar-refractivity contribution in [2.45, 2.75) is 124 Å². The van der Waals surface area contributed by atoms with Crippen LogP contribution in [0, 0.1) is 52.3 Å². The van der Waals surface area contributed by atoms with Crippen molar-refractivity contribution >= 4 is 23.7 Å². The van der Waals surface area contributed by atoms with Crippen LogP contribution in [0.25, 0.3) is 0 Å². The number of fused-ring (bicyclic) bond motifs is 7. The van der Waals surface area contributed by atoms with E-state index in [1.807, 2.05) is 6.92 Å². The van der Waals surface area contributed by atoms with Crippen LogP contribution in [0.4, 0.5) is 0 Å². The molecule has 0 amide bonds. The van der Waals surface area contributed by atoms with Crippen molar-refractivity contribution in [3.63, 3.8) is 0 Å². The zero-order chi connectivity index (χ0) is 30.4. The molecule has 6 rings (SSSR count). The fourth-order valence-corrected chi connectivity index (χ4v) is 11.2. The van der Waals surface area contributed by atoms with Crippen molar-refractivity contribution in [2.24, 2.45) is 52.3 Å². The van der Waals surface area contributed by atoms with Gasteiger partial charge < -0.3 is 23.7 Å². The Morgan fingerprint density at radius 2 is 1.52 bits per heavy atom. The van der Waals surface area contributed by atoms with Gasteiger partial charge in [0.2, 0.25) is 5.79 Å². The first-order valence-corrected chi connectivity index (χ1v) is 16.1. The molecule has 0 aromatic rings. The number of carbonyl (C=O) groups is 4. The Balaban J connectivity index is 1.33. The van der Waals surface area contributed by atoms with E-state index in [9.17, 15) is 19.2 Å². The molecule has 234 valence electrons. The average Bonchev–Trinajstić information content (AvgIpc) is 3.33. The van der Waals surface area contributed by atoms with Gasteiger partial charge in [-0.1, -0.05) is 27.7 Å². The van der Waals surface area contributed by atoms with Gasteiger partial charge in [0.05, 0.1) is 12.7 Å². The molecule has 2 saturated heterocycles. The molecule has 14 atom stereocenters. The number of Topliss-reactive ketones (excluding diaryl/α,β-unsaturated/α-hetero) is 1. The van der Waals surface area contributed by atoms with Crippen LogP contribution in [-0.4, -0.2) is 60.5 Å². The van der Waals surface area contributed by atoms with Crippen LogP contribution in [0.5, 0.6) is 0 Å². The molecular formula is C33H48O9. The van der Waals surface area contributed by atoms with E-state index in [0.717, 1.165) is 19.3 Å². The molecule has 9 nitrogen and oxygen atoms in total. The lowest BCUT2D eigenvalue weighted by atomic mass is 9.43. The second-order valence-corrected chi connectivity index (χ2v) is 15.0. The maximum atomic E-state index is 13.4. The van der Waals surface area contributed by atoms with Crippen molar-refractivity contribution < 1.29 is 42.9 Å². The maximum absolute atomic E-state index is 13.4. The Morgan fingerprint density at radius 1 is 0.857 bits per heavy atom. The smallest absolute Gasteiger partial charge is 0.303 e. The standard InChI is InChI=1S/C33H48O9/c1-16-10-28(37)33(38-15-16)17(2)30-26(42-33)12-24-22-9-8-21-11-25(39-18(3)34)27(40-19(4)35)14-31(21,6)23(22)13-29(32(24,30)7)41-20(5)36/h16-17,21-27,29-30H,8-15H2,1-7H3/t16-,17+,21+,22-,23+,24+,25+,26+,27-,29-,30+,31+,32-,33+/m1/s1. The van der Waals surface area contributed by atoms with Crippen LogP contribution in [0.3, 0.4) is 0 Å². The molecule has 0 aromatic heterocycles. The topological polar surface area (TPSA) is 114 Å². The summed E-state index contributed by atoms with van der Waals surface area (Å²) in [5.41, 5.74) is -0.538. The largest absolute Gasteiger partial charge is 0.462 e. The van der Waals surface area contributed by atoms with Crippen molar-refractivity contribution in [3.8, 4) is 0 Å². The zero-order valence-electron chi connectivity index (χ0n) is 26.2. The Kier molecular flexibility index (Phi) is 7.36. The van der Waals surface area contributed by atoms with Gasteiger partial charge in [0.1, 0.15) is 18.3 Å². The predicted molar refractivity (Wildman–Crippen MR) is 150 cm³/mol. The highest BCUT2D eigenvalue weighted by Crippen LogP contribution is 2.71. The Morgan fingerprint density at radius 3 is 2.17 bits per heavy atom. The SMILES string of the molecule is CC(=O)O[C@H]1C[C@@H]2CC[C@@H]3[C@H](C[C@@H](OC(C)=O)[C@]4(C)[C@@H]5[C@H](C[C@@H]34)O[C@@]3(OC[C@H](C)CC3=O)[C@H]5C)[C@@]2(C)C[C@H]1OC(C)=O. The molecule has 0 radical (unpaired) electrons. The molecule has 9 heteroatoms. The maximum Gasteiger partial charge on any atom is 0.303 e. The Hall–Kier alpha value is -2.00. The number of carbonyl (C=O) groups excluding carboxylic acids is 4. The van der Waals surface area contributed by atoms with Crippen LogP contribution in [-0.2, 0) is 42.9 Å². The van der Waals surface area contributed by atoms with Crippen LogP contribution >= 0.6 is 0 Å². The molecular weight excluding hydrogens is 540 g/mol. The summed E-state index contributed by atoms with van der Waals surface area (Å²) in [5, 5.41) is 0. The number of hydrogen-bond donors (Lipinski definition) is 0. The van der Waals surface area contributed by atoms with Crippen LogP contribution in [0.15, 0.2) is 0 Å². The summed E-state index contributed by atoms with van der Waals surface area (Å²) in [7, 11) is 0. The van der Waals surface area contributed by atoms with E-state index in [2.05, 4.69) is 20.8 Å². The van der Waals surface area contributed by atoms with Crippen molar-refractivity contribution in [1.82, 2.24) is 0 Å². The van der Waals surface area contributed by atoms with E-state index in [4.69, 9.17) is 23.7 Å². The van der Waals surface area contributed by atoms with E-state index in [1.54, 1.807) is 0 Å². The zero-order valence-corrected chi connectivity index (χ0v) is 26.2. The molecule has 4 saturated carbocycles. The molecule has 42 heavy (non-hydrogen) atoms. The molecule has 0 N–H and O–H groups in total.